The number of nitrogens with zero attached hydrogens (tertiary/aromatic N) is 1. The molecule has 4 nitrogen and oxygen atoms in total. The van der Waals surface area contributed by atoms with Crippen molar-refractivity contribution in [2.45, 2.75) is 32.8 Å². The molecule has 1 heterocycles. The smallest absolute Gasteiger partial charge is 0.263 e. The van der Waals surface area contributed by atoms with Gasteiger partial charge in [0.25, 0.3) is 5.91 Å². The van der Waals surface area contributed by atoms with E-state index in [9.17, 15) is 9.90 Å². The minimum absolute atomic E-state index is 0.0271. The number of carbonyl (C=O) groups excluding carboxylic acids is 1. The molecule has 21 heavy (non-hydrogen) atoms. The van der Waals surface area contributed by atoms with Gasteiger partial charge in [-0.05, 0) is 56.4 Å². The van der Waals surface area contributed by atoms with E-state index in [1.165, 1.54) is 0 Å². The second kappa shape index (κ2) is 7.14. The van der Waals surface area contributed by atoms with E-state index in [0.29, 0.717) is 17.3 Å². The van der Waals surface area contributed by atoms with E-state index in [1.807, 2.05) is 13.0 Å². The number of aliphatic hydroxyl groups is 1. The van der Waals surface area contributed by atoms with Crippen LogP contribution < -0.4 is 4.74 Å². The molecular formula is C16H22ClNO3. The van der Waals surface area contributed by atoms with Gasteiger partial charge in [-0.15, -0.1) is 0 Å². The Labute approximate surface area is 130 Å². The van der Waals surface area contributed by atoms with Crippen LogP contribution in [0.2, 0.25) is 5.02 Å². The van der Waals surface area contributed by atoms with Crippen LogP contribution in [0.1, 0.15) is 25.3 Å². The normalized spacial score (nSPS) is 20.2. The summed E-state index contributed by atoms with van der Waals surface area (Å²) in [6.45, 7) is 5.15. The summed E-state index contributed by atoms with van der Waals surface area (Å²) in [5, 5.41) is 9.92. The molecule has 0 saturated carbocycles. The minimum atomic E-state index is -0.539. The SMILES string of the molecule is Cc1cc(OC(C)C(=O)N2CCCC(CO)C2)ccc1Cl. The Kier molecular flexibility index (Phi) is 5.48. The number of hydrogen-bond acceptors (Lipinski definition) is 3. The third kappa shape index (κ3) is 4.11. The summed E-state index contributed by atoms with van der Waals surface area (Å²) in [4.78, 5) is 14.2. The molecule has 1 amide bonds. The molecule has 0 spiro atoms. The lowest BCUT2D eigenvalue weighted by molar-refractivity contribution is -0.140. The fourth-order valence-electron chi connectivity index (χ4n) is 2.62. The molecule has 5 heteroatoms. The number of aryl methyl sites for hydroxylation is 1. The highest BCUT2D eigenvalue weighted by Crippen LogP contribution is 2.23. The van der Waals surface area contributed by atoms with Crippen molar-refractivity contribution in [3.8, 4) is 5.75 Å². The largest absolute Gasteiger partial charge is 0.481 e. The van der Waals surface area contributed by atoms with Crippen molar-refractivity contribution >= 4 is 17.5 Å². The number of carbonyl (C=O) groups is 1. The van der Waals surface area contributed by atoms with Crippen LogP contribution in [-0.2, 0) is 4.79 Å². The summed E-state index contributed by atoms with van der Waals surface area (Å²) >= 11 is 5.98. The Bertz CT molecular complexity index is 506. The van der Waals surface area contributed by atoms with Gasteiger partial charge in [0.1, 0.15) is 5.75 Å². The van der Waals surface area contributed by atoms with E-state index < -0.39 is 6.10 Å². The van der Waals surface area contributed by atoms with Crippen molar-refractivity contribution < 1.29 is 14.6 Å². The number of hydrogen-bond donors (Lipinski definition) is 1. The lowest BCUT2D eigenvalue weighted by atomic mass is 9.99. The zero-order valence-electron chi connectivity index (χ0n) is 12.5. The number of ether oxygens (including phenoxy) is 1. The Morgan fingerprint density at radius 3 is 3.00 bits per heavy atom. The maximum Gasteiger partial charge on any atom is 0.263 e. The Morgan fingerprint density at radius 2 is 2.33 bits per heavy atom. The highest BCUT2D eigenvalue weighted by atomic mass is 35.5. The van der Waals surface area contributed by atoms with E-state index >= 15 is 0 Å². The first-order valence-corrected chi connectivity index (χ1v) is 7.71. The lowest BCUT2D eigenvalue weighted by Crippen LogP contribution is -2.46. The van der Waals surface area contributed by atoms with Gasteiger partial charge in [-0.3, -0.25) is 4.79 Å². The van der Waals surface area contributed by atoms with Crippen LogP contribution in [0, 0.1) is 12.8 Å². The highest BCUT2D eigenvalue weighted by Gasteiger charge is 2.27. The number of amides is 1. The fourth-order valence-corrected chi connectivity index (χ4v) is 2.73. The Morgan fingerprint density at radius 1 is 1.57 bits per heavy atom. The molecule has 0 aromatic heterocycles. The molecule has 1 aliphatic heterocycles. The maximum absolute atomic E-state index is 12.4. The first-order valence-electron chi connectivity index (χ1n) is 7.33. The van der Waals surface area contributed by atoms with Crippen molar-refractivity contribution in [2.24, 2.45) is 5.92 Å². The van der Waals surface area contributed by atoms with Crippen LogP contribution in [0.4, 0.5) is 0 Å². The Hall–Kier alpha value is -1.26. The molecule has 1 saturated heterocycles. The second-order valence-electron chi connectivity index (χ2n) is 5.65. The highest BCUT2D eigenvalue weighted by molar-refractivity contribution is 6.31. The Balaban J connectivity index is 1.97. The van der Waals surface area contributed by atoms with Crippen molar-refractivity contribution in [3.63, 3.8) is 0 Å². The van der Waals surface area contributed by atoms with Crippen LogP contribution in [0.5, 0.6) is 5.75 Å². The molecular weight excluding hydrogens is 290 g/mol. The van der Waals surface area contributed by atoms with Gasteiger partial charge in [0.15, 0.2) is 6.10 Å². The predicted molar refractivity (Wildman–Crippen MR) is 82.7 cm³/mol. The monoisotopic (exact) mass is 311 g/mol. The van der Waals surface area contributed by atoms with Crippen LogP contribution in [-0.4, -0.2) is 41.7 Å². The molecule has 1 aromatic carbocycles. The summed E-state index contributed by atoms with van der Waals surface area (Å²) in [7, 11) is 0. The molecule has 0 radical (unpaired) electrons. The average Bonchev–Trinajstić information content (AvgIpc) is 2.50. The number of rotatable bonds is 4. The van der Waals surface area contributed by atoms with Gasteiger partial charge in [0.2, 0.25) is 0 Å². The van der Waals surface area contributed by atoms with Crippen molar-refractivity contribution in [3.05, 3.63) is 28.8 Å². The molecule has 1 N–H and O–H groups in total. The second-order valence-corrected chi connectivity index (χ2v) is 6.05. The number of piperidine rings is 1. The maximum atomic E-state index is 12.4. The average molecular weight is 312 g/mol. The van der Waals surface area contributed by atoms with Crippen LogP contribution in [0.15, 0.2) is 18.2 Å². The molecule has 2 atom stereocenters. The number of benzene rings is 1. The van der Waals surface area contributed by atoms with Crippen LogP contribution in [0.3, 0.4) is 0 Å². The van der Waals surface area contributed by atoms with E-state index in [0.717, 1.165) is 24.9 Å². The summed E-state index contributed by atoms with van der Waals surface area (Å²) in [6, 6.07) is 5.37. The van der Waals surface area contributed by atoms with Gasteiger partial charge in [0, 0.05) is 24.7 Å². The summed E-state index contributed by atoms with van der Waals surface area (Å²) < 4.78 is 5.72. The van der Waals surface area contributed by atoms with E-state index in [2.05, 4.69) is 0 Å². The summed E-state index contributed by atoms with van der Waals surface area (Å²) in [5.41, 5.74) is 0.923. The summed E-state index contributed by atoms with van der Waals surface area (Å²) in [6.07, 6.45) is 1.37. The van der Waals surface area contributed by atoms with Gasteiger partial charge < -0.3 is 14.7 Å². The molecule has 0 bridgehead atoms. The van der Waals surface area contributed by atoms with Gasteiger partial charge >= 0.3 is 0 Å². The van der Waals surface area contributed by atoms with Gasteiger partial charge in [-0.1, -0.05) is 11.6 Å². The molecule has 116 valence electrons. The zero-order chi connectivity index (χ0) is 15.4. The van der Waals surface area contributed by atoms with Gasteiger partial charge in [-0.25, -0.2) is 0 Å². The van der Waals surface area contributed by atoms with Crippen LogP contribution >= 0.6 is 11.6 Å². The first kappa shape index (κ1) is 16.1. The first-order chi connectivity index (χ1) is 10.0. The van der Waals surface area contributed by atoms with E-state index in [4.69, 9.17) is 16.3 Å². The molecule has 1 aliphatic rings. The van der Waals surface area contributed by atoms with Gasteiger partial charge in [0.05, 0.1) is 0 Å². The quantitative estimate of drug-likeness (QED) is 0.930. The van der Waals surface area contributed by atoms with Crippen LogP contribution in [0.25, 0.3) is 0 Å². The predicted octanol–water partition coefficient (Wildman–Crippen LogP) is 2.65. The number of likely N-dealkylation sites (tertiary alicyclic amines) is 1. The third-order valence-corrected chi connectivity index (χ3v) is 4.30. The molecule has 2 rings (SSSR count). The van der Waals surface area contributed by atoms with Crippen molar-refractivity contribution in [1.82, 2.24) is 4.90 Å². The molecule has 1 aromatic rings. The van der Waals surface area contributed by atoms with Crippen molar-refractivity contribution in [2.75, 3.05) is 19.7 Å². The zero-order valence-corrected chi connectivity index (χ0v) is 13.3. The molecule has 1 fully saturated rings. The van der Waals surface area contributed by atoms with Crippen molar-refractivity contribution in [1.29, 1.82) is 0 Å². The van der Waals surface area contributed by atoms with E-state index in [-0.39, 0.29) is 18.4 Å². The standard InChI is InChI=1S/C16H22ClNO3/c1-11-8-14(5-6-15(11)17)21-12(2)16(20)18-7-3-4-13(9-18)10-19/h5-6,8,12-13,19H,3-4,7,9-10H2,1-2H3. The lowest BCUT2D eigenvalue weighted by Gasteiger charge is -2.33. The molecule has 0 aliphatic carbocycles. The number of aliphatic hydroxyl groups excluding tert-OH is 1. The number of halogens is 1. The molecule has 2 unspecified atom stereocenters. The third-order valence-electron chi connectivity index (χ3n) is 3.88. The summed E-state index contributed by atoms with van der Waals surface area (Å²) in [5.74, 6) is 0.807. The van der Waals surface area contributed by atoms with E-state index in [1.54, 1.807) is 24.0 Å². The van der Waals surface area contributed by atoms with Gasteiger partial charge in [-0.2, -0.15) is 0 Å². The fraction of sp³-hybridized carbons (Fsp3) is 0.562. The topological polar surface area (TPSA) is 49.8 Å². The minimum Gasteiger partial charge on any atom is -0.481 e.